The third-order valence-electron chi connectivity index (χ3n) is 3.49. The van der Waals surface area contributed by atoms with Crippen molar-refractivity contribution in [1.82, 2.24) is 10.1 Å². The van der Waals surface area contributed by atoms with E-state index in [1.807, 2.05) is 6.07 Å². The van der Waals surface area contributed by atoms with Gasteiger partial charge in [0.25, 0.3) is 0 Å². The molecule has 3 aromatic rings. The lowest BCUT2D eigenvalue weighted by molar-refractivity contribution is 0.411. The fraction of sp³-hybridized carbons (Fsp3) is 0.312. The Morgan fingerprint density at radius 2 is 2.05 bits per heavy atom. The van der Waals surface area contributed by atoms with Gasteiger partial charge >= 0.3 is 0 Å². The number of hydrogen-bond donors (Lipinski definition) is 1. The van der Waals surface area contributed by atoms with E-state index in [-0.39, 0.29) is 0 Å². The van der Waals surface area contributed by atoms with Crippen LogP contribution in [0.3, 0.4) is 0 Å². The van der Waals surface area contributed by atoms with Crippen LogP contribution in [0.25, 0.3) is 10.9 Å². The van der Waals surface area contributed by atoms with Gasteiger partial charge in [-0.1, -0.05) is 31.1 Å². The summed E-state index contributed by atoms with van der Waals surface area (Å²) in [5.41, 5.74) is 4.85. The Labute approximate surface area is 112 Å². The molecule has 0 fully saturated rings. The maximum atomic E-state index is 4.85. The summed E-state index contributed by atoms with van der Waals surface area (Å²) < 4.78 is 4.85. The first kappa shape index (κ1) is 12.0. The summed E-state index contributed by atoms with van der Waals surface area (Å²) in [6, 6.07) is 10.8. The molecule has 0 amide bonds. The van der Waals surface area contributed by atoms with Crippen molar-refractivity contribution in [2.45, 2.75) is 32.6 Å². The molecular weight excluding hydrogens is 236 g/mol. The normalized spacial score (nSPS) is 11.5. The maximum absolute atomic E-state index is 4.85. The van der Waals surface area contributed by atoms with Gasteiger partial charge in [-0.05, 0) is 41.8 Å². The third-order valence-corrected chi connectivity index (χ3v) is 3.49. The van der Waals surface area contributed by atoms with Gasteiger partial charge in [-0.15, -0.1) is 0 Å². The summed E-state index contributed by atoms with van der Waals surface area (Å²) in [5.74, 6) is 0.533. The summed E-state index contributed by atoms with van der Waals surface area (Å²) in [5, 5.41) is 5.22. The number of nitrogens with zero attached hydrogens (tertiary/aromatic N) is 1. The Morgan fingerprint density at radius 1 is 1.16 bits per heavy atom. The van der Waals surface area contributed by atoms with Crippen LogP contribution in [-0.2, 0) is 12.8 Å². The fourth-order valence-electron chi connectivity index (χ4n) is 2.30. The number of fused-ring (bicyclic) bond motifs is 1. The first-order chi connectivity index (χ1) is 9.22. The highest BCUT2D eigenvalue weighted by molar-refractivity contribution is 5.81. The summed E-state index contributed by atoms with van der Waals surface area (Å²) in [6.45, 7) is 4.41. The van der Waals surface area contributed by atoms with Gasteiger partial charge in [0.1, 0.15) is 6.26 Å². The molecule has 0 unspecified atom stereocenters. The zero-order chi connectivity index (χ0) is 13.2. The first-order valence-corrected chi connectivity index (χ1v) is 6.73. The molecule has 3 nitrogen and oxygen atoms in total. The number of nitrogens with one attached hydrogen (secondary N) is 1. The van der Waals surface area contributed by atoms with Gasteiger partial charge in [-0.2, -0.15) is 0 Å². The molecule has 0 atom stereocenters. The summed E-state index contributed by atoms with van der Waals surface area (Å²) in [7, 11) is 0. The van der Waals surface area contributed by atoms with Crippen LogP contribution in [0.5, 0.6) is 0 Å². The number of aryl methyl sites for hydroxylation is 2. The van der Waals surface area contributed by atoms with Crippen molar-refractivity contribution < 1.29 is 4.52 Å². The summed E-state index contributed by atoms with van der Waals surface area (Å²) >= 11 is 0. The first-order valence-electron chi connectivity index (χ1n) is 6.73. The van der Waals surface area contributed by atoms with Crippen molar-refractivity contribution in [2.24, 2.45) is 0 Å². The Bertz CT molecular complexity index is 665. The highest BCUT2D eigenvalue weighted by atomic mass is 16.5. The average molecular weight is 254 g/mol. The predicted octanol–water partition coefficient (Wildman–Crippen LogP) is 4.06. The second-order valence-electron chi connectivity index (χ2n) is 5.29. The highest BCUT2D eigenvalue weighted by Crippen LogP contribution is 2.22. The van der Waals surface area contributed by atoms with Crippen molar-refractivity contribution in [3.63, 3.8) is 0 Å². The van der Waals surface area contributed by atoms with Crippen molar-refractivity contribution in [3.8, 4) is 0 Å². The van der Waals surface area contributed by atoms with Crippen LogP contribution in [0.15, 0.2) is 41.1 Å². The number of hydrogen-bond acceptors (Lipinski definition) is 2. The minimum atomic E-state index is 0.533. The number of rotatable bonds is 4. The topological polar surface area (TPSA) is 41.8 Å². The van der Waals surface area contributed by atoms with E-state index in [0.29, 0.717) is 5.92 Å². The van der Waals surface area contributed by atoms with E-state index >= 15 is 0 Å². The Morgan fingerprint density at radius 3 is 2.79 bits per heavy atom. The van der Waals surface area contributed by atoms with E-state index < -0.39 is 0 Å². The standard InChI is InChI=1S/C16H18N2O/c1-11(2)15-10-13-5-3-12(9-16(13)17-15)4-6-14-7-8-19-18-14/h3,5,7-11,17H,4,6H2,1-2H3. The Kier molecular flexibility index (Phi) is 3.11. The maximum Gasteiger partial charge on any atom is 0.124 e. The van der Waals surface area contributed by atoms with Gasteiger partial charge in [-0.3, -0.25) is 0 Å². The molecule has 0 spiro atoms. The third kappa shape index (κ3) is 2.55. The van der Waals surface area contributed by atoms with E-state index in [1.54, 1.807) is 6.26 Å². The molecule has 3 rings (SSSR count). The van der Waals surface area contributed by atoms with E-state index in [2.05, 4.69) is 48.3 Å². The van der Waals surface area contributed by atoms with Crippen molar-refractivity contribution in [2.75, 3.05) is 0 Å². The molecule has 0 saturated heterocycles. The Hall–Kier alpha value is -2.03. The van der Waals surface area contributed by atoms with Crippen LogP contribution in [0, 0.1) is 0 Å². The van der Waals surface area contributed by atoms with Gasteiger partial charge in [0.05, 0.1) is 5.69 Å². The van der Waals surface area contributed by atoms with E-state index in [4.69, 9.17) is 4.52 Å². The highest BCUT2D eigenvalue weighted by Gasteiger charge is 2.05. The summed E-state index contributed by atoms with van der Waals surface area (Å²) in [6.07, 6.45) is 3.52. The van der Waals surface area contributed by atoms with E-state index in [0.717, 1.165) is 18.5 Å². The molecular formula is C16H18N2O. The van der Waals surface area contributed by atoms with Gasteiger partial charge in [-0.25, -0.2) is 0 Å². The molecule has 0 aliphatic heterocycles. The van der Waals surface area contributed by atoms with Gasteiger partial charge in [0, 0.05) is 17.3 Å². The molecule has 3 heteroatoms. The lowest BCUT2D eigenvalue weighted by Crippen LogP contribution is -1.91. The van der Waals surface area contributed by atoms with Gasteiger partial charge in [0.2, 0.25) is 0 Å². The second kappa shape index (κ2) is 4.92. The predicted molar refractivity (Wildman–Crippen MR) is 76.3 cm³/mol. The number of aromatic amines is 1. The number of benzene rings is 1. The van der Waals surface area contributed by atoms with E-state index in [1.165, 1.54) is 22.2 Å². The van der Waals surface area contributed by atoms with Crippen molar-refractivity contribution in [3.05, 3.63) is 53.5 Å². The monoisotopic (exact) mass is 254 g/mol. The zero-order valence-electron chi connectivity index (χ0n) is 11.3. The van der Waals surface area contributed by atoms with Crippen LogP contribution < -0.4 is 0 Å². The molecule has 1 aromatic carbocycles. The molecule has 0 radical (unpaired) electrons. The molecule has 19 heavy (non-hydrogen) atoms. The number of aromatic nitrogens is 2. The van der Waals surface area contributed by atoms with E-state index in [9.17, 15) is 0 Å². The molecule has 0 saturated carbocycles. The molecule has 0 aliphatic rings. The van der Waals surface area contributed by atoms with Crippen molar-refractivity contribution >= 4 is 10.9 Å². The number of H-pyrrole nitrogens is 1. The van der Waals surface area contributed by atoms with Crippen molar-refractivity contribution in [1.29, 1.82) is 0 Å². The lowest BCUT2D eigenvalue weighted by atomic mass is 10.1. The lowest BCUT2D eigenvalue weighted by Gasteiger charge is -2.00. The molecule has 1 N–H and O–H groups in total. The zero-order valence-corrected chi connectivity index (χ0v) is 11.3. The molecule has 2 aromatic heterocycles. The summed E-state index contributed by atoms with van der Waals surface area (Å²) in [4.78, 5) is 3.49. The quantitative estimate of drug-likeness (QED) is 0.762. The van der Waals surface area contributed by atoms with Crippen LogP contribution in [0.2, 0.25) is 0 Å². The SMILES string of the molecule is CC(C)c1cc2ccc(CCc3ccon3)cc2[nH]1. The van der Waals surface area contributed by atoms with Crippen LogP contribution >= 0.6 is 0 Å². The van der Waals surface area contributed by atoms with Gasteiger partial charge in [0.15, 0.2) is 0 Å². The molecule has 98 valence electrons. The second-order valence-corrected chi connectivity index (χ2v) is 5.29. The smallest absolute Gasteiger partial charge is 0.124 e. The largest absolute Gasteiger partial charge is 0.365 e. The fourth-order valence-corrected chi connectivity index (χ4v) is 2.30. The molecule has 0 bridgehead atoms. The minimum Gasteiger partial charge on any atom is -0.365 e. The van der Waals surface area contributed by atoms with Crippen LogP contribution in [-0.4, -0.2) is 10.1 Å². The van der Waals surface area contributed by atoms with Crippen LogP contribution in [0.1, 0.15) is 36.7 Å². The van der Waals surface area contributed by atoms with Gasteiger partial charge < -0.3 is 9.51 Å². The molecule has 0 aliphatic carbocycles. The molecule has 2 heterocycles. The minimum absolute atomic E-state index is 0.533. The van der Waals surface area contributed by atoms with Crippen LogP contribution in [0.4, 0.5) is 0 Å². The Balaban J connectivity index is 1.80. The average Bonchev–Trinajstić information content (AvgIpc) is 3.04.